The lowest BCUT2D eigenvalue weighted by atomic mass is 9.43. The zero-order valence-corrected chi connectivity index (χ0v) is 30.9. The van der Waals surface area contributed by atoms with Crippen LogP contribution in [0.15, 0.2) is 0 Å². The molecule has 0 radical (unpaired) electrons. The first-order valence-electron chi connectivity index (χ1n) is 19.2. The molecule has 5 N–H and O–H groups in total. The van der Waals surface area contributed by atoms with Gasteiger partial charge in [-0.1, -0.05) is 27.7 Å². The van der Waals surface area contributed by atoms with E-state index in [-0.39, 0.29) is 63.8 Å². The van der Waals surface area contributed by atoms with Crippen molar-refractivity contribution in [3.05, 3.63) is 0 Å². The van der Waals surface area contributed by atoms with Gasteiger partial charge in [0.05, 0.1) is 35.6 Å². The summed E-state index contributed by atoms with van der Waals surface area (Å²) in [6.07, 6.45) is 6.00. The Morgan fingerprint density at radius 2 is 1.79 bits per heavy atom. The van der Waals surface area contributed by atoms with Gasteiger partial charge in [0.15, 0.2) is 0 Å². The number of hydrogen-bond donors (Lipinski definition) is 4. The molecule has 5 aliphatic carbocycles. The Labute approximate surface area is 288 Å². The highest BCUT2D eigenvalue weighted by molar-refractivity contribution is 5.67. The van der Waals surface area contributed by atoms with Gasteiger partial charge in [0, 0.05) is 45.3 Å². The van der Waals surface area contributed by atoms with Crippen LogP contribution in [-0.4, -0.2) is 109 Å². The molecule has 1 amide bonds. The van der Waals surface area contributed by atoms with Gasteiger partial charge in [-0.3, -0.25) is 4.90 Å². The van der Waals surface area contributed by atoms with Crippen LogP contribution in [0.2, 0.25) is 0 Å². The number of nitrogens with one attached hydrogen (secondary N) is 1. The molecular formula is C38H65N3O7. The van der Waals surface area contributed by atoms with Crippen molar-refractivity contribution in [3.8, 4) is 0 Å². The minimum atomic E-state index is -1.06. The summed E-state index contributed by atoms with van der Waals surface area (Å²) in [4.78, 5) is 15.3. The lowest BCUT2D eigenvalue weighted by Gasteiger charge is -2.63. The highest BCUT2D eigenvalue weighted by atomic mass is 16.6. The third-order valence-electron chi connectivity index (χ3n) is 15.8. The van der Waals surface area contributed by atoms with E-state index >= 15 is 0 Å². The van der Waals surface area contributed by atoms with Crippen LogP contribution in [0.3, 0.4) is 0 Å². The number of nitrogens with zero attached hydrogens (tertiary/aromatic N) is 1. The molecule has 7 aliphatic rings. The number of aliphatic hydroxyl groups excluding tert-OH is 1. The molecule has 2 heterocycles. The van der Waals surface area contributed by atoms with E-state index in [1.807, 2.05) is 6.92 Å². The average molecular weight is 676 g/mol. The van der Waals surface area contributed by atoms with Crippen LogP contribution in [0.5, 0.6) is 0 Å². The number of ether oxygens (including phenoxy) is 4. The van der Waals surface area contributed by atoms with Crippen molar-refractivity contribution in [1.82, 2.24) is 10.2 Å². The van der Waals surface area contributed by atoms with Gasteiger partial charge < -0.3 is 40.2 Å². The summed E-state index contributed by atoms with van der Waals surface area (Å²) >= 11 is 0. The Hall–Kier alpha value is -1.01. The summed E-state index contributed by atoms with van der Waals surface area (Å²) in [5.41, 5.74) is 5.88. The fraction of sp³-hybridized carbons (Fsp3) is 0.974. The van der Waals surface area contributed by atoms with Crippen LogP contribution in [0, 0.1) is 45.3 Å². The number of nitrogens with two attached hydrogens (primary N) is 1. The molecule has 0 bridgehead atoms. The Balaban J connectivity index is 1.06. The third kappa shape index (κ3) is 4.85. The van der Waals surface area contributed by atoms with Gasteiger partial charge in [-0.2, -0.15) is 0 Å². The SMILES string of the molecule is CCOC(C1CC(C)C2C(O1)C(O)C1(N)C3CCC4C(C)(C)C(OC(=O)NCCN5CC(OC)C5)CCC45CC35CCC21C)C(C)(C)O. The number of amides is 1. The van der Waals surface area contributed by atoms with Crippen LogP contribution in [0.4, 0.5) is 4.79 Å². The van der Waals surface area contributed by atoms with E-state index in [4.69, 9.17) is 24.7 Å². The van der Waals surface area contributed by atoms with Gasteiger partial charge in [0.25, 0.3) is 0 Å². The van der Waals surface area contributed by atoms with E-state index in [0.717, 1.165) is 71.0 Å². The molecule has 13 atom stereocenters. The number of methoxy groups -OCH3 is 1. The van der Waals surface area contributed by atoms with Crippen molar-refractivity contribution in [2.24, 2.45) is 51.1 Å². The third-order valence-corrected chi connectivity index (χ3v) is 15.8. The number of aliphatic hydroxyl groups is 2. The van der Waals surface area contributed by atoms with E-state index in [1.165, 1.54) is 0 Å². The van der Waals surface area contributed by atoms with Gasteiger partial charge in [0.2, 0.25) is 0 Å². The molecule has 2 saturated heterocycles. The molecule has 13 unspecified atom stereocenters. The summed E-state index contributed by atoms with van der Waals surface area (Å²) in [5, 5.41) is 26.5. The largest absolute Gasteiger partial charge is 0.446 e. The zero-order chi connectivity index (χ0) is 34.7. The van der Waals surface area contributed by atoms with Crippen molar-refractivity contribution >= 4 is 6.09 Å². The first-order valence-corrected chi connectivity index (χ1v) is 19.2. The van der Waals surface area contributed by atoms with Crippen molar-refractivity contribution < 1.29 is 34.0 Å². The molecule has 7 fully saturated rings. The van der Waals surface area contributed by atoms with Crippen molar-refractivity contribution in [3.63, 3.8) is 0 Å². The first kappa shape index (κ1) is 35.4. The average Bonchev–Trinajstić information content (AvgIpc) is 3.62. The second kappa shape index (κ2) is 11.8. The maximum Gasteiger partial charge on any atom is 0.407 e. The van der Waals surface area contributed by atoms with Crippen molar-refractivity contribution in [1.29, 1.82) is 0 Å². The predicted octanol–water partition coefficient (Wildman–Crippen LogP) is 4.09. The van der Waals surface area contributed by atoms with E-state index in [0.29, 0.717) is 25.2 Å². The normalized spacial score (nSPS) is 48.6. The van der Waals surface area contributed by atoms with Crippen molar-refractivity contribution in [2.45, 2.75) is 148 Å². The van der Waals surface area contributed by atoms with E-state index < -0.39 is 23.3 Å². The summed E-state index contributed by atoms with van der Waals surface area (Å²) < 4.78 is 24.5. The van der Waals surface area contributed by atoms with Crippen LogP contribution in [0.25, 0.3) is 0 Å². The molecule has 7 rings (SSSR count). The van der Waals surface area contributed by atoms with Crippen LogP contribution < -0.4 is 11.1 Å². The monoisotopic (exact) mass is 675 g/mol. The van der Waals surface area contributed by atoms with Gasteiger partial charge >= 0.3 is 6.09 Å². The number of hydrogen-bond acceptors (Lipinski definition) is 9. The molecular weight excluding hydrogens is 610 g/mol. The second-order valence-corrected chi connectivity index (χ2v) is 18.7. The Bertz CT molecular complexity index is 1240. The summed E-state index contributed by atoms with van der Waals surface area (Å²) in [6, 6.07) is 0. The van der Waals surface area contributed by atoms with E-state index in [9.17, 15) is 15.0 Å². The molecule has 2 spiro atoms. The number of fused-ring (bicyclic) bond motifs is 4. The number of carbonyl (C=O) groups is 1. The molecule has 0 aromatic carbocycles. The molecule has 5 saturated carbocycles. The number of carbonyl (C=O) groups excluding carboxylic acids is 1. The predicted molar refractivity (Wildman–Crippen MR) is 182 cm³/mol. The van der Waals surface area contributed by atoms with Gasteiger partial charge in [-0.15, -0.1) is 0 Å². The lowest BCUT2D eigenvalue weighted by Crippen LogP contribution is -2.70. The summed E-state index contributed by atoms with van der Waals surface area (Å²) in [5.74, 6) is 1.12. The topological polar surface area (TPSA) is 136 Å². The molecule has 48 heavy (non-hydrogen) atoms. The standard InChI is InChI=1S/C38H65N3O7/c1-9-46-31(34(5,6)44)24-18-22(2)28-29(47-24)30(42)38(39)26-11-10-25-33(3,4)27(48-32(43)40-16-17-41-19-23(20-41)45-8)12-13-36(25)21-37(26,36)15-14-35(28,38)7/h22-31,42,44H,9-21,39H2,1-8H3,(H,40,43). The zero-order valence-electron chi connectivity index (χ0n) is 30.9. The fourth-order valence-corrected chi connectivity index (χ4v) is 13.6. The van der Waals surface area contributed by atoms with Gasteiger partial charge in [0.1, 0.15) is 12.2 Å². The second-order valence-electron chi connectivity index (χ2n) is 18.7. The summed E-state index contributed by atoms with van der Waals surface area (Å²) in [6.45, 7) is 18.5. The molecule has 10 heteroatoms. The maximum absolute atomic E-state index is 13.0. The molecule has 274 valence electrons. The van der Waals surface area contributed by atoms with Crippen LogP contribution in [-0.2, 0) is 18.9 Å². The highest BCUT2D eigenvalue weighted by Gasteiger charge is 2.85. The summed E-state index contributed by atoms with van der Waals surface area (Å²) in [7, 11) is 1.75. The quantitative estimate of drug-likeness (QED) is 0.285. The minimum absolute atomic E-state index is 0.115. The minimum Gasteiger partial charge on any atom is -0.446 e. The van der Waals surface area contributed by atoms with E-state index in [2.05, 4.69) is 37.9 Å². The highest BCUT2D eigenvalue weighted by Crippen LogP contribution is 2.87. The maximum atomic E-state index is 13.0. The van der Waals surface area contributed by atoms with Crippen LogP contribution >= 0.6 is 0 Å². The van der Waals surface area contributed by atoms with Crippen molar-refractivity contribution in [2.75, 3.05) is 39.9 Å². The number of rotatable bonds is 9. The fourth-order valence-electron chi connectivity index (χ4n) is 13.6. The van der Waals surface area contributed by atoms with Crippen LogP contribution in [0.1, 0.15) is 99.8 Å². The lowest BCUT2D eigenvalue weighted by molar-refractivity contribution is -0.214. The molecule has 0 aromatic rings. The number of alkyl carbamates (subject to hydrolysis) is 1. The first-order chi connectivity index (χ1) is 22.5. The Morgan fingerprint density at radius 3 is 2.46 bits per heavy atom. The Morgan fingerprint density at radius 1 is 1.10 bits per heavy atom. The smallest absolute Gasteiger partial charge is 0.407 e. The molecule has 10 nitrogen and oxygen atoms in total. The van der Waals surface area contributed by atoms with E-state index in [1.54, 1.807) is 21.0 Å². The Kier molecular flexibility index (Phi) is 8.67. The molecule has 0 aromatic heterocycles. The van der Waals surface area contributed by atoms with Gasteiger partial charge in [-0.05, 0) is 112 Å². The molecule has 2 aliphatic heterocycles. The van der Waals surface area contributed by atoms with Gasteiger partial charge in [-0.25, -0.2) is 4.79 Å². The number of likely N-dealkylation sites (tertiary alicyclic amines) is 1.